The van der Waals surface area contributed by atoms with Gasteiger partial charge < -0.3 is 14.5 Å². The van der Waals surface area contributed by atoms with E-state index in [9.17, 15) is 13.8 Å². The normalized spacial score (nSPS) is 32.6. The molecule has 7 atom stereocenters. The Hall–Kier alpha value is -2.62. The van der Waals surface area contributed by atoms with Crippen LogP contribution in [0.25, 0.3) is 0 Å². The summed E-state index contributed by atoms with van der Waals surface area (Å²) in [7, 11) is -1.49. The van der Waals surface area contributed by atoms with Gasteiger partial charge in [-0.05, 0) is 117 Å². The van der Waals surface area contributed by atoms with Crippen molar-refractivity contribution in [2.24, 2.45) is 23.7 Å². The number of fused-ring (bicyclic) bond motifs is 4. The molecular weight excluding hydrogens is 656 g/mol. The van der Waals surface area contributed by atoms with Crippen molar-refractivity contribution in [1.29, 1.82) is 0 Å². The fourth-order valence-electron chi connectivity index (χ4n) is 9.39. The summed E-state index contributed by atoms with van der Waals surface area (Å²) >= 11 is 6.49. The summed E-state index contributed by atoms with van der Waals surface area (Å²) in [4.78, 5) is 32.7. The number of rotatable bonds is 2. The molecule has 5 aliphatic rings. The minimum Gasteiger partial charge on any atom is -0.490 e. The lowest BCUT2D eigenvalue weighted by Crippen LogP contribution is -2.52. The highest BCUT2D eigenvalue weighted by Crippen LogP contribution is 2.48. The average Bonchev–Trinajstić information content (AvgIpc) is 3.22. The van der Waals surface area contributed by atoms with Crippen molar-refractivity contribution in [2.75, 3.05) is 57.3 Å². The number of hydrogen-bond acceptors (Lipinski definition) is 6. The zero-order valence-corrected chi connectivity index (χ0v) is 31.0. The number of anilines is 1. The zero-order valence-electron chi connectivity index (χ0n) is 29.4. The molecular formula is C39H53ClN4O4S. The van der Waals surface area contributed by atoms with E-state index in [2.05, 4.69) is 33.6 Å². The first-order valence-corrected chi connectivity index (χ1v) is 20.2. The first-order chi connectivity index (χ1) is 23.6. The number of halogens is 1. The summed E-state index contributed by atoms with van der Waals surface area (Å²) in [5.74, 6) is 2.66. The van der Waals surface area contributed by atoms with E-state index in [1.165, 1.54) is 24.0 Å². The van der Waals surface area contributed by atoms with E-state index in [-0.39, 0.29) is 28.4 Å². The summed E-state index contributed by atoms with van der Waals surface area (Å²) in [5.41, 5.74) is 3.97. The summed E-state index contributed by atoms with van der Waals surface area (Å²) in [6.45, 7) is 12.7. The van der Waals surface area contributed by atoms with Gasteiger partial charge in [0.1, 0.15) is 16.7 Å². The number of piperazine rings is 1. The van der Waals surface area contributed by atoms with Gasteiger partial charge in [-0.1, -0.05) is 31.0 Å². The van der Waals surface area contributed by atoms with E-state index >= 15 is 0 Å². The Morgan fingerprint density at radius 2 is 1.86 bits per heavy atom. The Morgan fingerprint density at radius 1 is 1.04 bits per heavy atom. The van der Waals surface area contributed by atoms with Crippen LogP contribution in [0.15, 0.2) is 36.4 Å². The molecule has 2 aliphatic carbocycles. The van der Waals surface area contributed by atoms with Gasteiger partial charge in [0, 0.05) is 68.7 Å². The second-order valence-electron chi connectivity index (χ2n) is 15.7. The van der Waals surface area contributed by atoms with Gasteiger partial charge in [0.2, 0.25) is 5.91 Å². The third-order valence-electron chi connectivity index (χ3n) is 12.7. The van der Waals surface area contributed by atoms with Gasteiger partial charge in [0.05, 0.1) is 17.5 Å². The molecule has 5 unspecified atom stereocenters. The first kappa shape index (κ1) is 34.8. The fourth-order valence-corrected chi connectivity index (χ4v) is 10.6. The van der Waals surface area contributed by atoms with Gasteiger partial charge in [-0.25, -0.2) is 4.21 Å². The summed E-state index contributed by atoms with van der Waals surface area (Å²) in [6.07, 6.45) is 8.81. The molecule has 2 fully saturated rings. The molecule has 1 N–H and O–H groups in total. The van der Waals surface area contributed by atoms with Crippen LogP contribution >= 0.6 is 11.6 Å². The number of carbonyl (C=O) groups excluding carboxylic acids is 2. The van der Waals surface area contributed by atoms with Crippen molar-refractivity contribution in [2.45, 2.75) is 82.8 Å². The number of nitrogens with one attached hydrogen (secondary N) is 1. The Morgan fingerprint density at radius 3 is 2.61 bits per heavy atom. The highest BCUT2D eigenvalue weighted by Gasteiger charge is 2.45. The minimum absolute atomic E-state index is 0.146. The molecule has 2 aromatic rings. The lowest BCUT2D eigenvalue weighted by Gasteiger charge is -2.48. The van der Waals surface area contributed by atoms with E-state index in [1.807, 2.05) is 36.1 Å². The predicted molar refractivity (Wildman–Crippen MR) is 197 cm³/mol. The molecule has 1 saturated carbocycles. The van der Waals surface area contributed by atoms with Crippen LogP contribution in [0.4, 0.5) is 5.69 Å². The van der Waals surface area contributed by atoms with Gasteiger partial charge in [-0.3, -0.25) is 19.2 Å². The van der Waals surface area contributed by atoms with Crippen LogP contribution in [0, 0.1) is 23.7 Å². The smallest absolute Gasteiger partial charge is 0.263 e. The van der Waals surface area contributed by atoms with E-state index in [0.717, 1.165) is 101 Å². The number of amides is 2. The first-order valence-electron chi connectivity index (χ1n) is 18.6. The molecule has 49 heavy (non-hydrogen) atoms. The van der Waals surface area contributed by atoms with Gasteiger partial charge in [0.15, 0.2) is 0 Å². The molecule has 0 aromatic heterocycles. The number of hydrogen-bond donors (Lipinski definition) is 1. The van der Waals surface area contributed by atoms with Crippen LogP contribution in [0.3, 0.4) is 0 Å². The third-order valence-corrected chi connectivity index (χ3v) is 14.5. The Balaban J connectivity index is 1.22. The van der Waals surface area contributed by atoms with Gasteiger partial charge in [0.25, 0.3) is 5.91 Å². The van der Waals surface area contributed by atoms with Gasteiger partial charge >= 0.3 is 0 Å². The third kappa shape index (κ3) is 7.27. The van der Waals surface area contributed by atoms with E-state index in [0.29, 0.717) is 29.9 Å². The highest BCUT2D eigenvalue weighted by molar-refractivity contribution is 7.84. The van der Waals surface area contributed by atoms with Crippen LogP contribution < -0.4 is 14.4 Å². The van der Waals surface area contributed by atoms with Crippen LogP contribution in [0.2, 0.25) is 5.02 Å². The van der Waals surface area contributed by atoms with Crippen molar-refractivity contribution in [3.8, 4) is 5.75 Å². The van der Waals surface area contributed by atoms with E-state index < -0.39 is 11.0 Å². The van der Waals surface area contributed by atoms with Crippen LogP contribution in [-0.2, 0) is 27.6 Å². The van der Waals surface area contributed by atoms with Crippen LogP contribution in [-0.4, -0.2) is 83.5 Å². The molecule has 3 aliphatic heterocycles. The summed E-state index contributed by atoms with van der Waals surface area (Å²) in [5, 5.41) is 0.633. The standard InChI is InChI=1S/C39H53ClN4O4S/c1-26-6-4-7-31(22-42-16-18-43(19-17-42)28(3)45)34-12-9-32(34)23-44-24-39(15-5-8-29-20-33(40)11-13-35(29)39)25-48-37-14-10-30(21-36(37)44)38(46)41-49(47)27(26)2/h10-11,13-14,20-21,26-27,31-32,34H,4-9,12,15-19,22-25H2,1-3H3,(H,41,46)/t26?,27?,31-,32?,34?,39-,49?/m0/s1. The molecule has 2 bridgehead atoms. The largest absolute Gasteiger partial charge is 0.490 e. The molecule has 2 amide bonds. The number of carbonyl (C=O) groups is 2. The van der Waals surface area contributed by atoms with Gasteiger partial charge in [-0.15, -0.1) is 0 Å². The molecule has 266 valence electrons. The Kier molecular flexibility index (Phi) is 10.3. The lowest BCUT2D eigenvalue weighted by atomic mass is 9.65. The predicted octanol–water partition coefficient (Wildman–Crippen LogP) is 6.22. The summed E-state index contributed by atoms with van der Waals surface area (Å²) < 4.78 is 23.0. The maximum Gasteiger partial charge on any atom is 0.263 e. The number of aryl methyl sites for hydroxylation is 1. The van der Waals surface area contributed by atoms with Crippen LogP contribution in [0.1, 0.15) is 87.2 Å². The minimum atomic E-state index is -1.49. The Bertz CT molecular complexity index is 1580. The molecule has 2 aromatic carbocycles. The maximum atomic E-state index is 13.5. The molecule has 7 rings (SSSR count). The number of nitrogens with zero attached hydrogens (tertiary/aromatic N) is 3. The molecule has 0 radical (unpaired) electrons. The SMILES string of the molecule is CC(=O)N1CCN(C[C@@H]2CCCC(C)C(C)S(=O)NC(=O)c3ccc4c(c3)N(CC3CCC32)C[C@@]2(CCCc3cc(Cl)ccc32)CO4)CC1. The topological polar surface area (TPSA) is 82.2 Å². The van der Waals surface area contributed by atoms with Crippen LogP contribution in [0.5, 0.6) is 5.75 Å². The number of ether oxygens (including phenoxy) is 1. The van der Waals surface area contributed by atoms with Crippen molar-refractivity contribution < 1.29 is 18.5 Å². The molecule has 10 heteroatoms. The van der Waals surface area contributed by atoms with Crippen molar-refractivity contribution in [3.05, 3.63) is 58.1 Å². The van der Waals surface area contributed by atoms with Gasteiger partial charge in [-0.2, -0.15) is 0 Å². The second-order valence-corrected chi connectivity index (χ2v) is 17.7. The molecule has 3 heterocycles. The molecule has 1 saturated heterocycles. The molecule has 8 nitrogen and oxygen atoms in total. The zero-order chi connectivity index (χ0) is 34.3. The lowest BCUT2D eigenvalue weighted by molar-refractivity contribution is -0.130. The maximum absolute atomic E-state index is 13.5. The van der Waals surface area contributed by atoms with Crippen molar-refractivity contribution in [3.63, 3.8) is 0 Å². The van der Waals surface area contributed by atoms with E-state index in [4.69, 9.17) is 16.3 Å². The fraction of sp³-hybridized carbons (Fsp3) is 0.641. The average molecular weight is 709 g/mol. The monoisotopic (exact) mass is 708 g/mol. The van der Waals surface area contributed by atoms with Crippen molar-refractivity contribution >= 4 is 40.1 Å². The second kappa shape index (κ2) is 14.5. The highest BCUT2D eigenvalue weighted by atomic mass is 35.5. The van der Waals surface area contributed by atoms with E-state index in [1.54, 1.807) is 6.92 Å². The van der Waals surface area contributed by atoms with Crippen molar-refractivity contribution in [1.82, 2.24) is 14.5 Å². The molecule has 1 spiro atoms. The number of benzene rings is 2. The summed E-state index contributed by atoms with van der Waals surface area (Å²) in [6, 6.07) is 12.1. The quantitative estimate of drug-likeness (QED) is 0.399. The Labute approximate surface area is 299 Å².